The van der Waals surface area contributed by atoms with E-state index in [9.17, 15) is 9.90 Å². The molecule has 0 aliphatic heterocycles. The smallest absolute Gasteiger partial charge is 0.369 e. The van der Waals surface area contributed by atoms with Crippen molar-refractivity contribution in [3.63, 3.8) is 0 Å². The van der Waals surface area contributed by atoms with Gasteiger partial charge in [0.15, 0.2) is 0 Å². The van der Waals surface area contributed by atoms with Gasteiger partial charge in [0.05, 0.1) is 12.0 Å². The molecule has 8 heteroatoms. The van der Waals surface area contributed by atoms with E-state index in [-0.39, 0.29) is 19.1 Å². The van der Waals surface area contributed by atoms with E-state index < -0.39 is 13.4 Å². The molecule has 0 spiro atoms. The molecule has 0 fully saturated rings. The van der Waals surface area contributed by atoms with Crippen molar-refractivity contribution in [2.75, 3.05) is 62.0 Å². The topological polar surface area (TPSA) is 68.3 Å². The summed E-state index contributed by atoms with van der Waals surface area (Å²) in [5, 5.41) is 12.9. The molecular formula is C21H48N4O3P+. The zero-order chi connectivity index (χ0) is 22.5. The van der Waals surface area contributed by atoms with Gasteiger partial charge in [0.2, 0.25) is 5.91 Å². The first-order valence-electron chi connectivity index (χ1n) is 11.0. The Kier molecular flexibility index (Phi) is 14.5. The zero-order valence-electron chi connectivity index (χ0n) is 20.3. The van der Waals surface area contributed by atoms with E-state index >= 15 is 0 Å². The summed E-state index contributed by atoms with van der Waals surface area (Å²) in [5.41, 5.74) is -0.965. The molecule has 1 atom stereocenters. The van der Waals surface area contributed by atoms with Crippen molar-refractivity contribution in [1.82, 2.24) is 19.3 Å². The van der Waals surface area contributed by atoms with Crippen molar-refractivity contribution in [2.24, 2.45) is 5.41 Å². The van der Waals surface area contributed by atoms with Crippen molar-refractivity contribution in [3.05, 3.63) is 0 Å². The van der Waals surface area contributed by atoms with E-state index in [0.29, 0.717) is 6.54 Å². The predicted octanol–water partition coefficient (Wildman–Crippen LogP) is 3.62. The number of hydrogen-bond acceptors (Lipinski definition) is 6. The molecule has 0 aromatic carbocycles. The largest absolute Gasteiger partial charge is 0.395 e. The molecule has 0 rings (SSSR count). The first-order chi connectivity index (χ1) is 13.6. The number of aliphatic hydroxyl groups is 1. The Morgan fingerprint density at radius 1 is 0.897 bits per heavy atom. The van der Waals surface area contributed by atoms with Crippen LogP contribution in [0.25, 0.3) is 0 Å². The number of nitrogens with zero attached hydrogens (tertiary/aromatic N) is 3. The van der Waals surface area contributed by atoms with E-state index in [0.717, 1.165) is 12.8 Å². The van der Waals surface area contributed by atoms with Gasteiger partial charge >= 0.3 is 7.94 Å². The van der Waals surface area contributed by atoms with Crippen molar-refractivity contribution < 1.29 is 14.4 Å². The molecule has 1 unspecified atom stereocenters. The predicted molar refractivity (Wildman–Crippen MR) is 125 cm³/mol. The second kappa shape index (κ2) is 14.7. The minimum absolute atomic E-state index is 0.141. The first-order valence-corrected chi connectivity index (χ1v) is 12.6. The molecule has 0 aliphatic carbocycles. The molecule has 174 valence electrons. The van der Waals surface area contributed by atoms with Gasteiger partial charge in [0, 0.05) is 48.8 Å². The summed E-state index contributed by atoms with van der Waals surface area (Å²) in [4.78, 5) is 12.8. The molecule has 0 saturated carbocycles. The number of unbranched alkanes of at least 4 members (excludes halogenated alkanes) is 7. The Labute approximate surface area is 180 Å². The van der Waals surface area contributed by atoms with Crippen LogP contribution in [0.2, 0.25) is 0 Å². The van der Waals surface area contributed by atoms with Crippen LogP contribution in [0.5, 0.6) is 0 Å². The van der Waals surface area contributed by atoms with Gasteiger partial charge < -0.3 is 10.4 Å². The van der Waals surface area contributed by atoms with Crippen LogP contribution in [0.3, 0.4) is 0 Å². The fraction of sp³-hybridized carbons (Fsp3) is 0.952. The Hall–Kier alpha value is -0.300. The maximum atomic E-state index is 12.8. The number of carbonyl (C=O) groups excluding carboxylic acids is 1. The lowest BCUT2D eigenvalue weighted by Crippen LogP contribution is -2.47. The van der Waals surface area contributed by atoms with Gasteiger partial charge in [-0.25, -0.2) is 0 Å². The quantitative estimate of drug-likeness (QED) is 0.269. The highest BCUT2D eigenvalue weighted by atomic mass is 31.2. The van der Waals surface area contributed by atoms with Crippen LogP contribution in [0.1, 0.15) is 65.2 Å². The third kappa shape index (κ3) is 9.16. The van der Waals surface area contributed by atoms with E-state index in [1.807, 2.05) is 42.3 Å². The van der Waals surface area contributed by atoms with Crippen molar-refractivity contribution in [2.45, 2.75) is 65.2 Å². The highest BCUT2D eigenvalue weighted by Crippen LogP contribution is 2.64. The summed E-state index contributed by atoms with van der Waals surface area (Å²) in [5.74, 6) is -0.141. The highest BCUT2D eigenvalue weighted by Gasteiger charge is 2.52. The number of aliphatic hydroxyl groups excluding tert-OH is 1. The van der Waals surface area contributed by atoms with E-state index in [1.165, 1.54) is 38.5 Å². The highest BCUT2D eigenvalue weighted by molar-refractivity contribution is 7.64. The zero-order valence-corrected chi connectivity index (χ0v) is 21.2. The van der Waals surface area contributed by atoms with Gasteiger partial charge in [-0.1, -0.05) is 51.9 Å². The Bertz CT molecular complexity index is 428. The van der Waals surface area contributed by atoms with E-state index in [2.05, 4.69) is 26.3 Å². The molecular weight excluding hydrogens is 387 g/mol. The number of carbonyl (C=O) groups is 1. The molecule has 0 heterocycles. The monoisotopic (exact) mass is 435 g/mol. The van der Waals surface area contributed by atoms with Crippen LogP contribution in [0.4, 0.5) is 0 Å². The van der Waals surface area contributed by atoms with Crippen LogP contribution in [0, 0.1) is 5.41 Å². The maximum absolute atomic E-state index is 12.8. The number of nitrogens with one attached hydrogen (secondary N) is 1. The molecule has 0 bridgehead atoms. The van der Waals surface area contributed by atoms with Crippen molar-refractivity contribution in [1.29, 1.82) is 0 Å². The molecule has 0 aliphatic rings. The Balaban J connectivity index is 4.55. The fourth-order valence-electron chi connectivity index (χ4n) is 3.51. The summed E-state index contributed by atoms with van der Waals surface area (Å²) in [6.07, 6.45) is 9.87. The standard InChI is InChI=1S/C21H47N4O3P/c1-9-10-11-12-13-14-15-16-17-22-20(27)21(2,18-26)19-28-29(23(3)4,24(5)6)25(7)8/h26H,9-19H2,1-8H3/p+1. The van der Waals surface area contributed by atoms with Crippen LogP contribution in [-0.4, -0.2) is 87.1 Å². The van der Waals surface area contributed by atoms with Crippen LogP contribution >= 0.6 is 7.94 Å². The van der Waals surface area contributed by atoms with Gasteiger partial charge in [-0.05, 0) is 13.3 Å². The van der Waals surface area contributed by atoms with Crippen LogP contribution in [-0.2, 0) is 9.32 Å². The van der Waals surface area contributed by atoms with Gasteiger partial charge in [-0.3, -0.25) is 4.79 Å². The molecule has 1 amide bonds. The van der Waals surface area contributed by atoms with E-state index in [4.69, 9.17) is 4.52 Å². The third-order valence-electron chi connectivity index (χ3n) is 5.33. The fourth-order valence-corrected chi connectivity index (χ4v) is 6.80. The normalized spacial score (nSPS) is 14.6. The Morgan fingerprint density at radius 3 is 1.76 bits per heavy atom. The molecule has 0 aromatic heterocycles. The first kappa shape index (κ1) is 28.7. The second-order valence-corrected chi connectivity index (χ2v) is 12.5. The summed E-state index contributed by atoms with van der Waals surface area (Å²) < 4.78 is 12.5. The number of amides is 1. The minimum atomic E-state index is -2.21. The number of rotatable bonds is 17. The van der Waals surface area contributed by atoms with Gasteiger partial charge in [0.25, 0.3) is 0 Å². The summed E-state index contributed by atoms with van der Waals surface area (Å²) in [6, 6.07) is 0. The van der Waals surface area contributed by atoms with Crippen LogP contribution in [0.15, 0.2) is 0 Å². The van der Waals surface area contributed by atoms with Gasteiger partial charge in [0.1, 0.15) is 6.61 Å². The average molecular weight is 436 g/mol. The SMILES string of the molecule is CCCCCCCCCCNC(=O)C(C)(CO)CO[P+](N(C)C)(N(C)C)N(C)C. The summed E-state index contributed by atoms with van der Waals surface area (Å²) in [7, 11) is 9.67. The summed E-state index contributed by atoms with van der Waals surface area (Å²) in [6.45, 7) is 4.57. The Morgan fingerprint density at radius 2 is 1.34 bits per heavy atom. The lowest BCUT2D eigenvalue weighted by Gasteiger charge is -2.39. The lowest BCUT2D eigenvalue weighted by atomic mass is 9.92. The van der Waals surface area contributed by atoms with Crippen molar-refractivity contribution >= 4 is 13.8 Å². The minimum Gasteiger partial charge on any atom is -0.395 e. The molecule has 7 nitrogen and oxygen atoms in total. The van der Waals surface area contributed by atoms with Crippen molar-refractivity contribution in [3.8, 4) is 0 Å². The second-order valence-electron chi connectivity index (χ2n) is 8.78. The maximum Gasteiger partial charge on any atom is 0.369 e. The molecule has 29 heavy (non-hydrogen) atoms. The molecule has 0 aromatic rings. The molecule has 0 radical (unpaired) electrons. The lowest BCUT2D eigenvalue weighted by molar-refractivity contribution is -0.134. The molecule has 0 saturated heterocycles. The van der Waals surface area contributed by atoms with Gasteiger partial charge in [-0.15, -0.1) is 14.0 Å². The third-order valence-corrected chi connectivity index (χ3v) is 8.93. The summed E-state index contributed by atoms with van der Waals surface area (Å²) >= 11 is 0. The van der Waals surface area contributed by atoms with Gasteiger partial charge in [-0.2, -0.15) is 4.52 Å². The molecule has 2 N–H and O–H groups in total. The number of hydrogen-bond donors (Lipinski definition) is 2. The van der Waals surface area contributed by atoms with Crippen LogP contribution < -0.4 is 5.32 Å². The average Bonchev–Trinajstić information content (AvgIpc) is 2.65. The van der Waals surface area contributed by atoms with E-state index in [1.54, 1.807) is 6.92 Å².